The van der Waals surface area contributed by atoms with Gasteiger partial charge in [-0.1, -0.05) is 13.8 Å². The summed E-state index contributed by atoms with van der Waals surface area (Å²) < 4.78 is 5.69. The van der Waals surface area contributed by atoms with E-state index in [0.717, 1.165) is 25.9 Å². The molecule has 1 N–H and O–H groups in total. The topological polar surface area (TPSA) is 37.9 Å². The molecule has 0 radical (unpaired) electrons. The molecule has 0 saturated carbocycles. The SMILES string of the molecule is CCc1cn[nH]c1C1CCOC1CC. The molecule has 1 fully saturated rings. The molecule has 2 heterocycles. The first-order chi connectivity index (χ1) is 6.86. The zero-order valence-corrected chi connectivity index (χ0v) is 8.92. The quantitative estimate of drug-likeness (QED) is 0.801. The highest BCUT2D eigenvalue weighted by molar-refractivity contribution is 5.22. The number of rotatable bonds is 3. The van der Waals surface area contributed by atoms with Gasteiger partial charge in [0, 0.05) is 18.2 Å². The molecule has 14 heavy (non-hydrogen) atoms. The van der Waals surface area contributed by atoms with E-state index in [1.807, 2.05) is 6.20 Å². The van der Waals surface area contributed by atoms with Crippen LogP contribution in [0, 0.1) is 0 Å². The number of hydrogen-bond acceptors (Lipinski definition) is 2. The largest absolute Gasteiger partial charge is 0.378 e. The molecule has 0 aromatic carbocycles. The maximum atomic E-state index is 5.69. The lowest BCUT2D eigenvalue weighted by molar-refractivity contribution is 0.0999. The second-order valence-corrected chi connectivity index (χ2v) is 3.88. The molecule has 0 aliphatic carbocycles. The summed E-state index contributed by atoms with van der Waals surface area (Å²) in [5.41, 5.74) is 2.65. The van der Waals surface area contributed by atoms with Gasteiger partial charge in [-0.25, -0.2) is 0 Å². The van der Waals surface area contributed by atoms with Crippen molar-refractivity contribution in [1.29, 1.82) is 0 Å². The lowest BCUT2D eigenvalue weighted by Crippen LogP contribution is -2.14. The Bertz CT molecular complexity index is 295. The lowest BCUT2D eigenvalue weighted by Gasteiger charge is -2.16. The molecule has 1 aliphatic heterocycles. The zero-order chi connectivity index (χ0) is 9.97. The number of aromatic nitrogens is 2. The summed E-state index contributed by atoms with van der Waals surface area (Å²) in [6.45, 7) is 5.25. The average Bonchev–Trinajstić information content (AvgIpc) is 2.85. The van der Waals surface area contributed by atoms with Crippen LogP contribution >= 0.6 is 0 Å². The van der Waals surface area contributed by atoms with E-state index in [2.05, 4.69) is 24.0 Å². The van der Waals surface area contributed by atoms with Crippen molar-refractivity contribution in [3.63, 3.8) is 0 Å². The zero-order valence-electron chi connectivity index (χ0n) is 8.92. The molecule has 0 bridgehead atoms. The molecule has 78 valence electrons. The minimum atomic E-state index is 0.390. The monoisotopic (exact) mass is 194 g/mol. The first-order valence-electron chi connectivity index (χ1n) is 5.50. The average molecular weight is 194 g/mol. The fraction of sp³-hybridized carbons (Fsp3) is 0.727. The minimum absolute atomic E-state index is 0.390. The number of aryl methyl sites for hydroxylation is 1. The van der Waals surface area contributed by atoms with Crippen molar-refractivity contribution in [2.45, 2.75) is 45.1 Å². The minimum Gasteiger partial charge on any atom is -0.378 e. The molecular formula is C11H18N2O. The van der Waals surface area contributed by atoms with Crippen LogP contribution < -0.4 is 0 Å². The molecule has 2 rings (SSSR count). The van der Waals surface area contributed by atoms with Crippen LogP contribution in [-0.2, 0) is 11.2 Å². The summed E-state index contributed by atoms with van der Waals surface area (Å²) in [7, 11) is 0. The molecule has 3 nitrogen and oxygen atoms in total. The standard InChI is InChI=1S/C11H18N2O/c1-3-8-7-12-13-11(8)9-5-6-14-10(9)4-2/h7,9-10H,3-6H2,1-2H3,(H,12,13). The van der Waals surface area contributed by atoms with Crippen LogP contribution in [0.1, 0.15) is 43.9 Å². The molecular weight excluding hydrogens is 176 g/mol. The molecule has 0 amide bonds. The summed E-state index contributed by atoms with van der Waals surface area (Å²) >= 11 is 0. The second kappa shape index (κ2) is 4.13. The van der Waals surface area contributed by atoms with Crippen molar-refractivity contribution in [3.05, 3.63) is 17.5 Å². The second-order valence-electron chi connectivity index (χ2n) is 3.88. The maximum Gasteiger partial charge on any atom is 0.0656 e. The van der Waals surface area contributed by atoms with Gasteiger partial charge in [0.15, 0.2) is 0 Å². The molecule has 0 spiro atoms. The molecule has 1 aliphatic rings. The summed E-state index contributed by atoms with van der Waals surface area (Å²) in [5.74, 6) is 0.539. The van der Waals surface area contributed by atoms with Crippen molar-refractivity contribution in [3.8, 4) is 0 Å². The first kappa shape index (κ1) is 9.71. The van der Waals surface area contributed by atoms with E-state index < -0.39 is 0 Å². The third kappa shape index (κ3) is 1.57. The Hall–Kier alpha value is -0.830. The van der Waals surface area contributed by atoms with E-state index >= 15 is 0 Å². The van der Waals surface area contributed by atoms with Gasteiger partial charge in [-0.05, 0) is 24.8 Å². The van der Waals surface area contributed by atoms with Crippen LogP contribution in [0.25, 0.3) is 0 Å². The Morgan fingerprint density at radius 2 is 2.43 bits per heavy atom. The van der Waals surface area contributed by atoms with E-state index in [4.69, 9.17) is 4.74 Å². The van der Waals surface area contributed by atoms with Gasteiger partial charge in [0.25, 0.3) is 0 Å². The van der Waals surface area contributed by atoms with Crippen molar-refractivity contribution < 1.29 is 4.74 Å². The number of ether oxygens (including phenoxy) is 1. The lowest BCUT2D eigenvalue weighted by atomic mass is 9.93. The van der Waals surface area contributed by atoms with Gasteiger partial charge in [0.05, 0.1) is 12.3 Å². The first-order valence-corrected chi connectivity index (χ1v) is 5.50. The van der Waals surface area contributed by atoms with Gasteiger partial charge < -0.3 is 4.74 Å². The summed E-state index contributed by atoms with van der Waals surface area (Å²) in [4.78, 5) is 0. The van der Waals surface area contributed by atoms with Crippen LogP contribution in [0.15, 0.2) is 6.20 Å². The number of hydrogen-bond donors (Lipinski definition) is 1. The predicted octanol–water partition coefficient (Wildman–Crippen LogP) is 2.25. The highest BCUT2D eigenvalue weighted by Gasteiger charge is 2.30. The van der Waals surface area contributed by atoms with Gasteiger partial charge in [-0.3, -0.25) is 5.10 Å². The van der Waals surface area contributed by atoms with E-state index in [0.29, 0.717) is 12.0 Å². The van der Waals surface area contributed by atoms with Crippen LogP contribution in [0.4, 0.5) is 0 Å². The van der Waals surface area contributed by atoms with Crippen molar-refractivity contribution in [2.75, 3.05) is 6.61 Å². The number of nitrogens with zero attached hydrogens (tertiary/aromatic N) is 1. The predicted molar refractivity (Wildman–Crippen MR) is 55.4 cm³/mol. The van der Waals surface area contributed by atoms with E-state index in [1.165, 1.54) is 11.3 Å². The summed E-state index contributed by atoms with van der Waals surface area (Å²) in [6.07, 6.45) is 5.61. The molecule has 1 aromatic rings. The van der Waals surface area contributed by atoms with E-state index in [9.17, 15) is 0 Å². The fourth-order valence-corrected chi connectivity index (χ4v) is 2.30. The summed E-state index contributed by atoms with van der Waals surface area (Å²) in [5, 5.41) is 7.26. The van der Waals surface area contributed by atoms with E-state index in [-0.39, 0.29) is 0 Å². The molecule has 2 unspecified atom stereocenters. The third-order valence-corrected chi connectivity index (χ3v) is 3.11. The Balaban J connectivity index is 2.21. The van der Waals surface area contributed by atoms with Crippen molar-refractivity contribution in [2.24, 2.45) is 0 Å². The molecule has 1 saturated heterocycles. The van der Waals surface area contributed by atoms with Crippen molar-refractivity contribution >= 4 is 0 Å². The van der Waals surface area contributed by atoms with Crippen LogP contribution in [0.2, 0.25) is 0 Å². The third-order valence-electron chi connectivity index (χ3n) is 3.11. The highest BCUT2D eigenvalue weighted by Crippen LogP contribution is 2.33. The van der Waals surface area contributed by atoms with Crippen LogP contribution in [0.5, 0.6) is 0 Å². The van der Waals surface area contributed by atoms with Gasteiger partial charge in [0.2, 0.25) is 0 Å². The Kier molecular flexibility index (Phi) is 2.87. The molecule has 3 heteroatoms. The van der Waals surface area contributed by atoms with E-state index in [1.54, 1.807) is 0 Å². The fourth-order valence-electron chi connectivity index (χ4n) is 2.30. The normalized spacial score (nSPS) is 27.0. The smallest absolute Gasteiger partial charge is 0.0656 e. The van der Waals surface area contributed by atoms with Gasteiger partial charge >= 0.3 is 0 Å². The Labute approximate surface area is 84.9 Å². The van der Waals surface area contributed by atoms with Gasteiger partial charge in [-0.2, -0.15) is 5.10 Å². The Morgan fingerprint density at radius 3 is 3.14 bits per heavy atom. The summed E-state index contributed by atoms with van der Waals surface area (Å²) in [6, 6.07) is 0. The molecule has 2 atom stereocenters. The highest BCUT2D eigenvalue weighted by atomic mass is 16.5. The number of aromatic amines is 1. The molecule has 1 aromatic heterocycles. The number of nitrogens with one attached hydrogen (secondary N) is 1. The Morgan fingerprint density at radius 1 is 1.57 bits per heavy atom. The van der Waals surface area contributed by atoms with Gasteiger partial charge in [-0.15, -0.1) is 0 Å². The van der Waals surface area contributed by atoms with Crippen LogP contribution in [-0.4, -0.2) is 22.9 Å². The van der Waals surface area contributed by atoms with Crippen molar-refractivity contribution in [1.82, 2.24) is 10.2 Å². The van der Waals surface area contributed by atoms with Crippen LogP contribution in [0.3, 0.4) is 0 Å². The number of H-pyrrole nitrogens is 1. The van der Waals surface area contributed by atoms with Gasteiger partial charge in [0.1, 0.15) is 0 Å². The maximum absolute atomic E-state index is 5.69.